The predicted octanol–water partition coefficient (Wildman–Crippen LogP) is 2.91. The zero-order valence-electron chi connectivity index (χ0n) is 13.4. The molecule has 1 atom stereocenters. The van der Waals surface area contributed by atoms with E-state index in [1.54, 1.807) is 0 Å². The first-order valence-corrected chi connectivity index (χ1v) is 8.08. The first-order valence-electron chi connectivity index (χ1n) is 8.08. The van der Waals surface area contributed by atoms with Gasteiger partial charge in [0, 0.05) is 25.4 Å². The van der Waals surface area contributed by atoms with Gasteiger partial charge in [0.2, 0.25) is 11.8 Å². The molecule has 2 aromatic rings. The second-order valence-corrected chi connectivity index (χ2v) is 6.17. The Kier molecular flexibility index (Phi) is 4.40. The Balaban J connectivity index is 1.70. The van der Waals surface area contributed by atoms with Crippen LogP contribution in [0.2, 0.25) is 0 Å². The van der Waals surface area contributed by atoms with Crippen molar-refractivity contribution in [2.24, 2.45) is 0 Å². The minimum absolute atomic E-state index is 0.238. The molecular formula is C15H23N5O2. The molecule has 7 heteroatoms. The minimum Gasteiger partial charge on any atom is -0.339 e. The van der Waals surface area contributed by atoms with Crippen molar-refractivity contribution in [3.63, 3.8) is 0 Å². The summed E-state index contributed by atoms with van der Waals surface area (Å²) >= 11 is 0. The highest BCUT2D eigenvalue weighted by Crippen LogP contribution is 2.28. The van der Waals surface area contributed by atoms with Crippen LogP contribution < -0.4 is 4.90 Å². The van der Waals surface area contributed by atoms with Gasteiger partial charge in [-0.1, -0.05) is 25.9 Å². The lowest BCUT2D eigenvalue weighted by atomic mass is 9.98. The molecule has 0 N–H and O–H groups in total. The summed E-state index contributed by atoms with van der Waals surface area (Å²) in [6.45, 7) is 7.97. The van der Waals surface area contributed by atoms with Gasteiger partial charge < -0.3 is 13.9 Å². The fourth-order valence-electron chi connectivity index (χ4n) is 2.70. The first kappa shape index (κ1) is 15.0. The normalized spacial score (nSPS) is 19.1. The van der Waals surface area contributed by atoms with Crippen molar-refractivity contribution < 1.29 is 9.05 Å². The number of piperidine rings is 1. The summed E-state index contributed by atoms with van der Waals surface area (Å²) in [5, 5.41) is 8.16. The van der Waals surface area contributed by atoms with Gasteiger partial charge in [0.25, 0.3) is 5.95 Å². The molecule has 1 saturated heterocycles. The smallest absolute Gasteiger partial charge is 0.266 e. The topological polar surface area (TPSA) is 81.1 Å². The molecule has 0 radical (unpaired) electrons. The maximum absolute atomic E-state index is 5.44. The SMILES string of the molecule is CCCc1nc(N2CCC[C@H](c3nc(C(C)C)no3)C2)no1. The van der Waals surface area contributed by atoms with Crippen molar-refractivity contribution >= 4 is 5.95 Å². The summed E-state index contributed by atoms with van der Waals surface area (Å²) in [6.07, 6.45) is 3.94. The molecule has 0 aliphatic carbocycles. The van der Waals surface area contributed by atoms with Crippen molar-refractivity contribution in [1.29, 1.82) is 0 Å². The number of aromatic nitrogens is 4. The van der Waals surface area contributed by atoms with Crippen molar-refractivity contribution in [3.05, 3.63) is 17.6 Å². The van der Waals surface area contributed by atoms with Crippen LogP contribution in [0.25, 0.3) is 0 Å². The lowest BCUT2D eigenvalue weighted by Crippen LogP contribution is -2.35. The van der Waals surface area contributed by atoms with Crippen molar-refractivity contribution in [1.82, 2.24) is 20.3 Å². The Bertz CT molecular complexity index is 607. The van der Waals surface area contributed by atoms with E-state index in [4.69, 9.17) is 9.05 Å². The zero-order chi connectivity index (χ0) is 15.5. The number of nitrogens with zero attached hydrogens (tertiary/aromatic N) is 5. The Morgan fingerprint density at radius 2 is 2.09 bits per heavy atom. The fourth-order valence-corrected chi connectivity index (χ4v) is 2.70. The summed E-state index contributed by atoms with van der Waals surface area (Å²) in [4.78, 5) is 11.1. The quantitative estimate of drug-likeness (QED) is 0.840. The molecule has 0 aromatic carbocycles. The molecule has 1 fully saturated rings. The molecule has 0 spiro atoms. The van der Waals surface area contributed by atoms with Gasteiger partial charge in [-0.25, -0.2) is 0 Å². The van der Waals surface area contributed by atoms with Crippen molar-refractivity contribution in [2.45, 2.75) is 58.3 Å². The van der Waals surface area contributed by atoms with Crippen LogP contribution >= 0.6 is 0 Å². The van der Waals surface area contributed by atoms with E-state index < -0.39 is 0 Å². The molecule has 2 aromatic heterocycles. The third-order valence-corrected chi connectivity index (χ3v) is 3.95. The predicted molar refractivity (Wildman–Crippen MR) is 80.9 cm³/mol. The largest absolute Gasteiger partial charge is 0.339 e. The Morgan fingerprint density at radius 3 is 2.82 bits per heavy atom. The van der Waals surface area contributed by atoms with Gasteiger partial charge in [-0.05, 0) is 24.4 Å². The molecule has 0 saturated carbocycles. The first-order chi connectivity index (χ1) is 10.7. The Morgan fingerprint density at radius 1 is 1.23 bits per heavy atom. The number of anilines is 1. The molecule has 0 bridgehead atoms. The maximum atomic E-state index is 5.44. The average molecular weight is 305 g/mol. The third kappa shape index (κ3) is 3.13. The van der Waals surface area contributed by atoms with Crippen LogP contribution in [0.15, 0.2) is 9.05 Å². The average Bonchev–Trinajstić information content (AvgIpc) is 3.17. The Hall–Kier alpha value is -1.92. The molecule has 0 unspecified atom stereocenters. The van der Waals surface area contributed by atoms with Crippen LogP contribution in [0, 0.1) is 0 Å². The number of hydrogen-bond acceptors (Lipinski definition) is 7. The van der Waals surface area contributed by atoms with Crippen LogP contribution in [-0.2, 0) is 6.42 Å². The number of hydrogen-bond donors (Lipinski definition) is 0. The van der Waals surface area contributed by atoms with Gasteiger partial charge in [-0.15, -0.1) is 0 Å². The van der Waals surface area contributed by atoms with E-state index in [9.17, 15) is 0 Å². The van der Waals surface area contributed by atoms with Gasteiger partial charge in [0.15, 0.2) is 5.82 Å². The molecule has 0 amide bonds. The van der Waals surface area contributed by atoms with Crippen LogP contribution in [0.4, 0.5) is 5.95 Å². The van der Waals surface area contributed by atoms with Crippen LogP contribution in [0.3, 0.4) is 0 Å². The van der Waals surface area contributed by atoms with Gasteiger partial charge in [0.1, 0.15) is 0 Å². The third-order valence-electron chi connectivity index (χ3n) is 3.95. The van der Waals surface area contributed by atoms with E-state index in [0.717, 1.165) is 50.5 Å². The molecular weight excluding hydrogens is 282 g/mol. The standard InChI is InChI=1S/C15H23N5O2/c1-4-6-12-16-15(19-21-12)20-8-5-7-11(9-20)14-17-13(10(2)3)18-22-14/h10-11H,4-9H2,1-3H3/t11-/m0/s1. The van der Waals surface area contributed by atoms with E-state index >= 15 is 0 Å². The summed E-state index contributed by atoms with van der Waals surface area (Å²) in [5.41, 5.74) is 0. The lowest BCUT2D eigenvalue weighted by Gasteiger charge is -2.29. The van der Waals surface area contributed by atoms with Crippen LogP contribution in [0.1, 0.15) is 69.5 Å². The van der Waals surface area contributed by atoms with Gasteiger partial charge in [0.05, 0.1) is 5.92 Å². The molecule has 120 valence electrons. The molecule has 3 rings (SSSR count). The van der Waals surface area contributed by atoms with Gasteiger partial charge in [-0.2, -0.15) is 9.97 Å². The van der Waals surface area contributed by atoms with E-state index in [1.807, 2.05) is 0 Å². The Labute approximate surface area is 130 Å². The van der Waals surface area contributed by atoms with Crippen molar-refractivity contribution in [2.75, 3.05) is 18.0 Å². The second-order valence-electron chi connectivity index (χ2n) is 6.17. The highest BCUT2D eigenvalue weighted by atomic mass is 16.5. The minimum atomic E-state index is 0.238. The van der Waals surface area contributed by atoms with E-state index in [0.29, 0.717) is 11.8 Å². The van der Waals surface area contributed by atoms with E-state index in [2.05, 4.69) is 46.0 Å². The van der Waals surface area contributed by atoms with Gasteiger partial charge >= 0.3 is 0 Å². The zero-order valence-corrected chi connectivity index (χ0v) is 13.4. The summed E-state index contributed by atoms with van der Waals surface area (Å²) in [7, 11) is 0. The highest BCUT2D eigenvalue weighted by Gasteiger charge is 2.28. The second kappa shape index (κ2) is 6.46. The lowest BCUT2D eigenvalue weighted by molar-refractivity contribution is 0.327. The van der Waals surface area contributed by atoms with E-state index in [1.165, 1.54) is 0 Å². The van der Waals surface area contributed by atoms with E-state index in [-0.39, 0.29) is 11.8 Å². The maximum Gasteiger partial charge on any atom is 0.266 e. The monoisotopic (exact) mass is 305 g/mol. The van der Waals surface area contributed by atoms with Crippen molar-refractivity contribution in [3.8, 4) is 0 Å². The molecule has 1 aliphatic rings. The number of aryl methyl sites for hydroxylation is 1. The highest BCUT2D eigenvalue weighted by molar-refractivity contribution is 5.30. The number of rotatable bonds is 5. The van der Waals surface area contributed by atoms with Gasteiger partial charge in [-0.3, -0.25) is 0 Å². The molecule has 7 nitrogen and oxygen atoms in total. The molecule has 3 heterocycles. The summed E-state index contributed by atoms with van der Waals surface area (Å²) in [6, 6.07) is 0. The van der Waals surface area contributed by atoms with Crippen LogP contribution in [-0.4, -0.2) is 33.4 Å². The summed E-state index contributed by atoms with van der Waals surface area (Å²) < 4.78 is 10.7. The fraction of sp³-hybridized carbons (Fsp3) is 0.733. The molecule has 22 heavy (non-hydrogen) atoms. The van der Waals surface area contributed by atoms with Crippen LogP contribution in [0.5, 0.6) is 0 Å². The summed E-state index contributed by atoms with van der Waals surface area (Å²) in [5.74, 6) is 3.41. The molecule has 1 aliphatic heterocycles.